The van der Waals surface area contributed by atoms with Crippen molar-refractivity contribution in [1.29, 1.82) is 0 Å². The van der Waals surface area contributed by atoms with Crippen molar-refractivity contribution in [3.63, 3.8) is 0 Å². The van der Waals surface area contributed by atoms with Gasteiger partial charge in [-0.3, -0.25) is 0 Å². The van der Waals surface area contributed by atoms with E-state index in [0.29, 0.717) is 6.54 Å². The topological polar surface area (TPSA) is 43.4 Å². The summed E-state index contributed by atoms with van der Waals surface area (Å²) in [5.41, 5.74) is 3.71. The fourth-order valence-electron chi connectivity index (χ4n) is 2.70. The van der Waals surface area contributed by atoms with E-state index < -0.39 is 0 Å². The third-order valence-electron chi connectivity index (χ3n) is 3.88. The van der Waals surface area contributed by atoms with Gasteiger partial charge in [0.05, 0.1) is 14.2 Å². The van der Waals surface area contributed by atoms with E-state index in [0.717, 1.165) is 35.7 Å². The number of hydrogen-bond donors (Lipinski definition) is 1. The molecule has 110 valence electrons. The lowest BCUT2D eigenvalue weighted by Gasteiger charge is -2.12. The van der Waals surface area contributed by atoms with Crippen LogP contribution in [0, 0.1) is 0 Å². The third-order valence-corrected chi connectivity index (χ3v) is 3.88. The molecule has 1 aromatic heterocycles. The first kappa shape index (κ1) is 13.7. The van der Waals surface area contributed by atoms with Crippen LogP contribution in [0.2, 0.25) is 0 Å². The number of nitrogens with one attached hydrogen (secondary N) is 1. The summed E-state index contributed by atoms with van der Waals surface area (Å²) in [7, 11) is 3.33. The van der Waals surface area contributed by atoms with Crippen molar-refractivity contribution >= 4 is 5.82 Å². The smallest absolute Gasteiger partial charge is 0.127 e. The summed E-state index contributed by atoms with van der Waals surface area (Å²) >= 11 is 0. The standard InChI is InChI=1S/C17H20N2O2/c1-20-14-8-6-13(16(10-14)21-2)11-18-17-9-7-12-4-3-5-15(12)19-17/h6-10H,3-5,11H2,1-2H3,(H,18,19). The number of hydrogen-bond acceptors (Lipinski definition) is 4. The summed E-state index contributed by atoms with van der Waals surface area (Å²) in [5, 5.41) is 3.37. The molecule has 0 radical (unpaired) electrons. The summed E-state index contributed by atoms with van der Waals surface area (Å²) in [6.45, 7) is 0.680. The van der Waals surface area contributed by atoms with Gasteiger partial charge in [-0.05, 0) is 43.0 Å². The number of ether oxygens (including phenoxy) is 2. The van der Waals surface area contributed by atoms with Crippen LogP contribution in [-0.2, 0) is 19.4 Å². The Bertz CT molecular complexity index is 641. The van der Waals surface area contributed by atoms with Crippen molar-refractivity contribution in [2.24, 2.45) is 0 Å². The average Bonchev–Trinajstić information content (AvgIpc) is 3.00. The van der Waals surface area contributed by atoms with E-state index >= 15 is 0 Å². The van der Waals surface area contributed by atoms with Crippen LogP contribution in [0.3, 0.4) is 0 Å². The molecular formula is C17H20N2O2. The SMILES string of the molecule is COc1ccc(CNc2ccc3c(n2)CCC3)c(OC)c1. The van der Waals surface area contributed by atoms with E-state index in [1.807, 2.05) is 18.2 Å². The highest BCUT2D eigenvalue weighted by Gasteiger charge is 2.12. The van der Waals surface area contributed by atoms with Gasteiger partial charge in [0.15, 0.2) is 0 Å². The van der Waals surface area contributed by atoms with Gasteiger partial charge in [0.2, 0.25) is 0 Å². The number of rotatable bonds is 5. The summed E-state index contributed by atoms with van der Waals surface area (Å²) < 4.78 is 10.6. The van der Waals surface area contributed by atoms with E-state index in [9.17, 15) is 0 Å². The predicted octanol–water partition coefficient (Wildman–Crippen LogP) is 3.20. The summed E-state index contributed by atoms with van der Waals surface area (Å²) in [6.07, 6.45) is 3.48. The molecule has 21 heavy (non-hydrogen) atoms. The number of benzene rings is 1. The highest BCUT2D eigenvalue weighted by Crippen LogP contribution is 2.26. The Kier molecular flexibility index (Phi) is 3.95. The number of anilines is 1. The summed E-state index contributed by atoms with van der Waals surface area (Å²) in [4.78, 5) is 4.68. The molecule has 4 heteroatoms. The number of methoxy groups -OCH3 is 2. The van der Waals surface area contributed by atoms with Crippen LogP contribution in [0.4, 0.5) is 5.82 Å². The minimum absolute atomic E-state index is 0.680. The van der Waals surface area contributed by atoms with E-state index in [4.69, 9.17) is 9.47 Å². The van der Waals surface area contributed by atoms with Crippen LogP contribution in [0.1, 0.15) is 23.2 Å². The third kappa shape index (κ3) is 2.94. The molecule has 1 aliphatic carbocycles. The number of pyridine rings is 1. The van der Waals surface area contributed by atoms with E-state index in [2.05, 4.69) is 22.4 Å². The van der Waals surface area contributed by atoms with Crippen LogP contribution in [0.5, 0.6) is 11.5 Å². The molecule has 0 saturated carbocycles. The molecule has 0 saturated heterocycles. The molecule has 0 atom stereocenters. The molecule has 4 nitrogen and oxygen atoms in total. The Labute approximate surface area is 125 Å². The zero-order valence-corrected chi connectivity index (χ0v) is 12.5. The number of aromatic nitrogens is 1. The Morgan fingerprint density at radius 3 is 2.81 bits per heavy atom. The van der Waals surface area contributed by atoms with Gasteiger partial charge in [-0.15, -0.1) is 0 Å². The van der Waals surface area contributed by atoms with Crippen molar-refractivity contribution in [2.45, 2.75) is 25.8 Å². The zero-order valence-electron chi connectivity index (χ0n) is 12.5. The molecule has 0 unspecified atom stereocenters. The number of fused-ring (bicyclic) bond motifs is 1. The highest BCUT2D eigenvalue weighted by molar-refractivity contribution is 5.45. The van der Waals surface area contributed by atoms with Crippen LogP contribution in [0.15, 0.2) is 30.3 Å². The Morgan fingerprint density at radius 1 is 1.10 bits per heavy atom. The lowest BCUT2D eigenvalue weighted by molar-refractivity contribution is 0.391. The Morgan fingerprint density at radius 2 is 2.00 bits per heavy atom. The molecule has 1 heterocycles. The van der Waals surface area contributed by atoms with Crippen LogP contribution < -0.4 is 14.8 Å². The van der Waals surface area contributed by atoms with Gasteiger partial charge >= 0.3 is 0 Å². The van der Waals surface area contributed by atoms with E-state index in [1.54, 1.807) is 14.2 Å². The van der Waals surface area contributed by atoms with E-state index in [-0.39, 0.29) is 0 Å². The van der Waals surface area contributed by atoms with Crippen molar-refractivity contribution in [1.82, 2.24) is 4.98 Å². The Hall–Kier alpha value is -2.23. The van der Waals surface area contributed by atoms with E-state index in [1.165, 1.54) is 17.7 Å². The molecule has 0 aliphatic heterocycles. The lowest BCUT2D eigenvalue weighted by atomic mass is 10.2. The molecular weight excluding hydrogens is 264 g/mol. The van der Waals surface area contributed by atoms with Gasteiger partial charge in [0, 0.05) is 23.9 Å². The van der Waals surface area contributed by atoms with Gasteiger partial charge in [0.1, 0.15) is 17.3 Å². The van der Waals surface area contributed by atoms with Gasteiger partial charge in [0.25, 0.3) is 0 Å². The molecule has 0 bridgehead atoms. The molecule has 1 aliphatic rings. The highest BCUT2D eigenvalue weighted by atomic mass is 16.5. The first-order valence-corrected chi connectivity index (χ1v) is 7.23. The molecule has 0 amide bonds. The van der Waals surface area contributed by atoms with Crippen LogP contribution in [0.25, 0.3) is 0 Å². The first-order chi connectivity index (χ1) is 10.3. The fourth-order valence-corrected chi connectivity index (χ4v) is 2.70. The first-order valence-electron chi connectivity index (χ1n) is 7.23. The van der Waals surface area contributed by atoms with Crippen molar-refractivity contribution in [3.8, 4) is 11.5 Å². The molecule has 0 fully saturated rings. The molecule has 0 spiro atoms. The van der Waals surface area contributed by atoms with Crippen LogP contribution in [-0.4, -0.2) is 19.2 Å². The summed E-state index contributed by atoms with van der Waals surface area (Å²) in [5.74, 6) is 2.54. The van der Waals surface area contributed by atoms with Crippen LogP contribution >= 0.6 is 0 Å². The summed E-state index contributed by atoms with van der Waals surface area (Å²) in [6, 6.07) is 10.1. The predicted molar refractivity (Wildman–Crippen MR) is 83.1 cm³/mol. The molecule has 2 aromatic rings. The minimum Gasteiger partial charge on any atom is -0.497 e. The number of nitrogens with zero attached hydrogens (tertiary/aromatic N) is 1. The molecule has 3 rings (SSSR count). The van der Waals surface area contributed by atoms with Gasteiger partial charge in [-0.25, -0.2) is 4.98 Å². The second-order valence-electron chi connectivity index (χ2n) is 5.19. The molecule has 1 aromatic carbocycles. The zero-order chi connectivity index (χ0) is 14.7. The minimum atomic E-state index is 0.680. The quantitative estimate of drug-likeness (QED) is 0.915. The normalized spacial score (nSPS) is 12.9. The second-order valence-corrected chi connectivity index (χ2v) is 5.19. The van der Waals surface area contributed by atoms with Gasteiger partial charge in [-0.2, -0.15) is 0 Å². The monoisotopic (exact) mass is 284 g/mol. The second kappa shape index (κ2) is 6.04. The van der Waals surface area contributed by atoms with Crippen molar-refractivity contribution < 1.29 is 9.47 Å². The maximum Gasteiger partial charge on any atom is 0.127 e. The van der Waals surface area contributed by atoms with Crippen molar-refractivity contribution in [2.75, 3.05) is 19.5 Å². The Balaban J connectivity index is 1.72. The molecule has 1 N–H and O–H groups in total. The maximum atomic E-state index is 5.41. The largest absolute Gasteiger partial charge is 0.497 e. The van der Waals surface area contributed by atoms with Crippen molar-refractivity contribution in [3.05, 3.63) is 47.2 Å². The maximum absolute atomic E-state index is 5.41. The van der Waals surface area contributed by atoms with Gasteiger partial charge in [-0.1, -0.05) is 6.07 Å². The average molecular weight is 284 g/mol. The fraction of sp³-hybridized carbons (Fsp3) is 0.353. The van der Waals surface area contributed by atoms with Gasteiger partial charge < -0.3 is 14.8 Å². The number of aryl methyl sites for hydroxylation is 2. The lowest BCUT2D eigenvalue weighted by Crippen LogP contribution is -2.04.